The Morgan fingerprint density at radius 1 is 1.07 bits per heavy atom. The van der Waals surface area contributed by atoms with E-state index in [0.717, 1.165) is 30.5 Å². The highest BCUT2D eigenvalue weighted by Gasteiger charge is 2.33. The fourth-order valence-corrected chi connectivity index (χ4v) is 5.94. The molecule has 3 aliphatic rings. The van der Waals surface area contributed by atoms with E-state index in [1.165, 1.54) is 11.8 Å². The zero-order chi connectivity index (χ0) is 27.5. The van der Waals surface area contributed by atoms with Crippen LogP contribution in [0.5, 0.6) is 0 Å². The molecule has 1 N–H and O–H groups in total. The van der Waals surface area contributed by atoms with Crippen LogP contribution in [0.3, 0.4) is 0 Å². The van der Waals surface area contributed by atoms with Gasteiger partial charge in [-0.2, -0.15) is 14.5 Å². The number of aromatic nitrogens is 5. The molecule has 7 rings (SSSR count). The lowest BCUT2D eigenvalue weighted by atomic mass is 9.93. The first kappa shape index (κ1) is 24.6. The molecule has 2 fully saturated rings. The number of carbonyl (C=O) groups is 2. The van der Waals surface area contributed by atoms with Crippen molar-refractivity contribution < 1.29 is 19.1 Å². The van der Waals surface area contributed by atoms with Gasteiger partial charge in [-0.3, -0.25) is 9.59 Å². The normalized spacial score (nSPS) is 20.6. The van der Waals surface area contributed by atoms with Gasteiger partial charge in [-0.1, -0.05) is 24.3 Å². The summed E-state index contributed by atoms with van der Waals surface area (Å²) < 4.78 is 16.9. The van der Waals surface area contributed by atoms with Gasteiger partial charge in [0.1, 0.15) is 22.9 Å². The van der Waals surface area contributed by atoms with Crippen LogP contribution in [0.1, 0.15) is 65.5 Å². The third-order valence-electron chi connectivity index (χ3n) is 8.35. The summed E-state index contributed by atoms with van der Waals surface area (Å²) in [5.41, 5.74) is 4.38. The van der Waals surface area contributed by atoms with Crippen LogP contribution in [-0.4, -0.2) is 66.1 Å². The van der Waals surface area contributed by atoms with E-state index < -0.39 is 17.8 Å². The minimum Gasteiger partial charge on any atom is -0.481 e. The minimum absolute atomic E-state index is 0.0147. The van der Waals surface area contributed by atoms with Crippen molar-refractivity contribution in [2.75, 3.05) is 24.5 Å². The van der Waals surface area contributed by atoms with Gasteiger partial charge >= 0.3 is 5.97 Å². The number of fused-ring (bicyclic) bond motifs is 2. The van der Waals surface area contributed by atoms with E-state index in [-0.39, 0.29) is 35.8 Å². The van der Waals surface area contributed by atoms with E-state index in [0.29, 0.717) is 36.7 Å². The fraction of sp³-hybridized carbons (Fsp3) is 0.379. The van der Waals surface area contributed by atoms with Crippen LogP contribution < -0.4 is 4.90 Å². The topological polar surface area (TPSA) is 117 Å². The molecule has 0 unspecified atom stereocenters. The molecular formula is C29H28FN7O3. The zero-order valence-corrected chi connectivity index (χ0v) is 22.0. The Hall–Kier alpha value is -4.41. The van der Waals surface area contributed by atoms with Crippen LogP contribution in [0.25, 0.3) is 17.0 Å². The molecule has 1 aromatic carbocycles. The van der Waals surface area contributed by atoms with Crippen molar-refractivity contribution in [3.63, 3.8) is 0 Å². The summed E-state index contributed by atoms with van der Waals surface area (Å²) in [5.74, 6) is -1.72. The van der Waals surface area contributed by atoms with Crippen LogP contribution in [-0.2, 0) is 11.2 Å². The second-order valence-corrected chi connectivity index (χ2v) is 10.9. The molecule has 3 aromatic heterocycles. The van der Waals surface area contributed by atoms with Gasteiger partial charge in [0.2, 0.25) is 5.95 Å². The van der Waals surface area contributed by atoms with Crippen molar-refractivity contribution >= 4 is 23.3 Å². The second-order valence-electron chi connectivity index (χ2n) is 10.9. The number of hydrogen-bond donors (Lipinski definition) is 1. The molecule has 1 saturated heterocycles. The van der Waals surface area contributed by atoms with E-state index in [1.54, 1.807) is 15.5 Å². The first-order valence-corrected chi connectivity index (χ1v) is 13.7. The fourth-order valence-electron chi connectivity index (χ4n) is 5.94. The Morgan fingerprint density at radius 3 is 2.65 bits per heavy atom. The Labute approximate surface area is 229 Å². The zero-order valence-electron chi connectivity index (χ0n) is 22.0. The maximum Gasteiger partial charge on any atom is 0.308 e. The lowest BCUT2D eigenvalue weighted by Gasteiger charge is -2.35. The summed E-state index contributed by atoms with van der Waals surface area (Å²) >= 11 is 0. The number of anilines is 1. The molecule has 1 amide bonds. The smallest absolute Gasteiger partial charge is 0.308 e. The number of aliphatic carboxylic acids is 1. The molecule has 11 heteroatoms. The van der Waals surface area contributed by atoms with Gasteiger partial charge in [0.05, 0.1) is 18.2 Å². The van der Waals surface area contributed by atoms with Gasteiger partial charge in [0.15, 0.2) is 5.65 Å². The van der Waals surface area contributed by atoms with Crippen LogP contribution in [0.4, 0.5) is 10.2 Å². The number of carboxylic acid groups (broad SMARTS) is 1. The van der Waals surface area contributed by atoms with Crippen LogP contribution in [0.2, 0.25) is 0 Å². The SMILES string of the molecule is C[C@@H]1c2ccccc2CCN1C(=O)c1cc(C2CC2)n2nc(-c3ncc(N4CC[C@H](C(=O)O)C4)nc3F)cc2n1. The lowest BCUT2D eigenvalue weighted by molar-refractivity contribution is -0.140. The van der Waals surface area contributed by atoms with Gasteiger partial charge in [-0.05, 0) is 49.8 Å². The van der Waals surface area contributed by atoms with Crippen molar-refractivity contribution in [2.45, 2.75) is 44.6 Å². The molecule has 0 bridgehead atoms. The number of rotatable bonds is 5. The highest BCUT2D eigenvalue weighted by molar-refractivity contribution is 5.93. The second kappa shape index (κ2) is 9.35. The first-order chi connectivity index (χ1) is 19.4. The Balaban J connectivity index is 1.21. The predicted octanol–water partition coefficient (Wildman–Crippen LogP) is 3.87. The van der Waals surface area contributed by atoms with Gasteiger partial charge in [0.25, 0.3) is 5.91 Å². The summed E-state index contributed by atoms with van der Waals surface area (Å²) in [4.78, 5) is 41.7. The molecule has 204 valence electrons. The first-order valence-electron chi connectivity index (χ1n) is 13.7. The quantitative estimate of drug-likeness (QED) is 0.405. The maximum absolute atomic E-state index is 15.2. The van der Waals surface area contributed by atoms with Crippen LogP contribution in [0, 0.1) is 11.9 Å². The number of nitrogens with zero attached hydrogens (tertiary/aromatic N) is 7. The van der Waals surface area contributed by atoms with Crippen molar-refractivity contribution in [2.24, 2.45) is 5.92 Å². The number of hydrogen-bond acceptors (Lipinski definition) is 7. The highest BCUT2D eigenvalue weighted by atomic mass is 19.1. The average molecular weight is 542 g/mol. The molecular weight excluding hydrogens is 513 g/mol. The molecule has 40 heavy (non-hydrogen) atoms. The molecule has 0 spiro atoms. The molecule has 1 aliphatic carbocycles. The number of carbonyl (C=O) groups excluding carboxylic acids is 1. The van der Waals surface area contributed by atoms with Gasteiger partial charge in [-0.15, -0.1) is 0 Å². The summed E-state index contributed by atoms with van der Waals surface area (Å²) in [5, 5.41) is 13.9. The highest BCUT2D eigenvalue weighted by Crippen LogP contribution is 2.41. The van der Waals surface area contributed by atoms with Crippen molar-refractivity contribution in [3.05, 3.63) is 71.1 Å². The summed E-state index contributed by atoms with van der Waals surface area (Å²) in [6.07, 6.45) is 4.71. The third-order valence-corrected chi connectivity index (χ3v) is 8.35. The van der Waals surface area contributed by atoms with Gasteiger partial charge in [-0.25, -0.2) is 14.5 Å². The Bertz CT molecular complexity index is 1670. The lowest BCUT2D eigenvalue weighted by Crippen LogP contribution is -2.39. The van der Waals surface area contributed by atoms with E-state index in [2.05, 4.69) is 32.2 Å². The Kier molecular flexibility index (Phi) is 5.76. The molecule has 2 aliphatic heterocycles. The van der Waals surface area contributed by atoms with Crippen molar-refractivity contribution in [1.29, 1.82) is 0 Å². The molecule has 10 nitrogen and oxygen atoms in total. The van der Waals surface area contributed by atoms with Gasteiger partial charge < -0.3 is 14.9 Å². The number of halogens is 1. The Morgan fingerprint density at radius 2 is 1.90 bits per heavy atom. The van der Waals surface area contributed by atoms with E-state index >= 15 is 4.39 Å². The van der Waals surface area contributed by atoms with E-state index in [1.807, 2.05) is 30.0 Å². The minimum atomic E-state index is -0.867. The molecule has 0 radical (unpaired) electrons. The van der Waals surface area contributed by atoms with E-state index in [4.69, 9.17) is 0 Å². The summed E-state index contributed by atoms with van der Waals surface area (Å²) in [6, 6.07) is 11.6. The largest absolute Gasteiger partial charge is 0.481 e. The molecule has 1 saturated carbocycles. The van der Waals surface area contributed by atoms with Gasteiger partial charge in [0, 0.05) is 37.3 Å². The third kappa shape index (κ3) is 4.16. The van der Waals surface area contributed by atoms with Crippen LogP contribution >= 0.6 is 0 Å². The number of carboxylic acids is 1. The molecule has 5 heterocycles. The van der Waals surface area contributed by atoms with E-state index in [9.17, 15) is 14.7 Å². The number of amides is 1. The monoisotopic (exact) mass is 541 g/mol. The standard InChI is InChI=1S/C29H28FN7O3/c1-16-20-5-3-2-4-17(20)9-11-36(16)28(38)22-12-23(18-6-7-18)37-24(32-22)13-21(34-37)26-27(30)33-25(14-31-26)35-10-8-19(15-35)29(39)40/h2-5,12-14,16,18-19H,6-11,15H2,1H3,(H,39,40)/t16-,19+/m1/s1. The maximum atomic E-state index is 15.2. The average Bonchev–Trinajstić information content (AvgIpc) is 3.51. The predicted molar refractivity (Wildman–Crippen MR) is 143 cm³/mol. The summed E-state index contributed by atoms with van der Waals surface area (Å²) in [7, 11) is 0. The number of benzene rings is 1. The molecule has 2 atom stereocenters. The van der Waals surface area contributed by atoms with Crippen molar-refractivity contribution in [1.82, 2.24) is 29.5 Å². The van der Waals surface area contributed by atoms with Crippen LogP contribution in [0.15, 0.2) is 42.6 Å². The summed E-state index contributed by atoms with van der Waals surface area (Å²) in [6.45, 7) is 3.40. The van der Waals surface area contributed by atoms with Crippen molar-refractivity contribution in [3.8, 4) is 11.4 Å². The molecule has 4 aromatic rings.